The van der Waals surface area contributed by atoms with Crippen LogP contribution in [0.4, 0.5) is 5.69 Å². The topological polar surface area (TPSA) is 41.1 Å². The Labute approximate surface area is 155 Å². The maximum Gasteiger partial charge on any atom is 0.253 e. The van der Waals surface area contributed by atoms with Crippen molar-refractivity contribution in [1.29, 1.82) is 0 Å². The van der Waals surface area contributed by atoms with E-state index < -0.39 is 0 Å². The van der Waals surface area contributed by atoms with Crippen molar-refractivity contribution in [2.24, 2.45) is 5.92 Å². The number of hydrogen-bond donors (Lipinski definition) is 2. The fraction of sp³-hybridized carbons (Fsp3) is 0.348. The van der Waals surface area contributed by atoms with Crippen molar-refractivity contribution in [3.63, 3.8) is 0 Å². The van der Waals surface area contributed by atoms with Crippen LogP contribution >= 0.6 is 0 Å². The van der Waals surface area contributed by atoms with Gasteiger partial charge in [0.05, 0.1) is 17.3 Å². The highest BCUT2D eigenvalue weighted by atomic mass is 16.1. The van der Waals surface area contributed by atoms with Gasteiger partial charge < -0.3 is 10.6 Å². The van der Waals surface area contributed by atoms with Crippen molar-refractivity contribution < 1.29 is 4.79 Å². The highest BCUT2D eigenvalue weighted by molar-refractivity contribution is 6.00. The summed E-state index contributed by atoms with van der Waals surface area (Å²) in [5.41, 5.74) is 5.58. The van der Waals surface area contributed by atoms with Gasteiger partial charge in [-0.15, -0.1) is 0 Å². The molecule has 134 valence electrons. The average Bonchev–Trinajstić information content (AvgIpc) is 3.15. The van der Waals surface area contributed by atoms with E-state index in [9.17, 15) is 4.79 Å². The minimum absolute atomic E-state index is 0.0135. The van der Waals surface area contributed by atoms with Gasteiger partial charge in [0.25, 0.3) is 5.91 Å². The van der Waals surface area contributed by atoms with Crippen LogP contribution in [0.5, 0.6) is 0 Å². The highest BCUT2D eigenvalue weighted by Crippen LogP contribution is 2.50. The zero-order valence-corrected chi connectivity index (χ0v) is 15.5. The van der Waals surface area contributed by atoms with Gasteiger partial charge in [0.15, 0.2) is 0 Å². The fourth-order valence-corrected chi connectivity index (χ4v) is 4.34. The molecule has 0 saturated heterocycles. The highest BCUT2D eigenvalue weighted by Gasteiger charge is 2.39. The molecule has 1 heterocycles. The molecule has 0 spiro atoms. The summed E-state index contributed by atoms with van der Waals surface area (Å²) in [5.74, 6) is 0.883. The summed E-state index contributed by atoms with van der Waals surface area (Å²) < 4.78 is 0. The third-order valence-electron chi connectivity index (χ3n) is 5.58. The Morgan fingerprint density at radius 3 is 2.88 bits per heavy atom. The number of hydrogen-bond acceptors (Lipinski definition) is 2. The summed E-state index contributed by atoms with van der Waals surface area (Å²) in [6.45, 7) is 4.91. The first kappa shape index (κ1) is 16.9. The van der Waals surface area contributed by atoms with E-state index in [4.69, 9.17) is 0 Å². The molecular formula is C23H26N2O. The Morgan fingerprint density at radius 1 is 1.23 bits per heavy atom. The monoisotopic (exact) mass is 346 g/mol. The smallest absolute Gasteiger partial charge is 0.253 e. The number of carbonyl (C=O) groups excluding carboxylic acids is 1. The third kappa shape index (κ3) is 2.92. The number of nitrogens with one attached hydrogen (secondary N) is 2. The van der Waals surface area contributed by atoms with E-state index in [1.165, 1.54) is 16.7 Å². The Kier molecular flexibility index (Phi) is 4.54. The van der Waals surface area contributed by atoms with Crippen LogP contribution in [0.2, 0.25) is 0 Å². The van der Waals surface area contributed by atoms with Crippen LogP contribution in [0, 0.1) is 12.8 Å². The molecule has 3 unspecified atom stereocenters. The van der Waals surface area contributed by atoms with E-state index in [1.807, 2.05) is 12.1 Å². The number of rotatable bonds is 4. The number of anilines is 1. The second kappa shape index (κ2) is 6.99. The lowest BCUT2D eigenvalue weighted by molar-refractivity contribution is 0.0954. The number of fused-ring (bicyclic) bond motifs is 3. The molecule has 0 bridgehead atoms. The molecule has 1 amide bonds. The summed E-state index contributed by atoms with van der Waals surface area (Å²) in [7, 11) is 0. The van der Waals surface area contributed by atoms with E-state index in [0.29, 0.717) is 18.4 Å². The Bertz CT molecular complexity index is 855. The molecule has 3 atom stereocenters. The second-order valence-electron chi connectivity index (χ2n) is 7.42. The molecule has 2 aliphatic rings. The van der Waals surface area contributed by atoms with Gasteiger partial charge >= 0.3 is 0 Å². The molecule has 2 aromatic carbocycles. The van der Waals surface area contributed by atoms with Crippen molar-refractivity contribution in [3.05, 3.63) is 76.9 Å². The lowest BCUT2D eigenvalue weighted by Crippen LogP contribution is -2.32. The first-order chi connectivity index (χ1) is 12.7. The van der Waals surface area contributed by atoms with Crippen molar-refractivity contribution in [1.82, 2.24) is 5.32 Å². The largest absolute Gasteiger partial charge is 0.377 e. The summed E-state index contributed by atoms with van der Waals surface area (Å²) >= 11 is 0. The zero-order chi connectivity index (χ0) is 18.1. The van der Waals surface area contributed by atoms with Crippen molar-refractivity contribution in [2.45, 2.75) is 38.6 Å². The van der Waals surface area contributed by atoms with Crippen molar-refractivity contribution in [2.75, 3.05) is 11.9 Å². The predicted molar refractivity (Wildman–Crippen MR) is 107 cm³/mol. The second-order valence-corrected chi connectivity index (χ2v) is 7.42. The molecule has 3 heteroatoms. The van der Waals surface area contributed by atoms with E-state index in [0.717, 1.165) is 24.1 Å². The molecule has 2 aromatic rings. The first-order valence-corrected chi connectivity index (χ1v) is 9.60. The number of allylic oxidation sites excluding steroid dienone is 2. The molecule has 3 nitrogen and oxygen atoms in total. The van der Waals surface area contributed by atoms with E-state index in [1.54, 1.807) is 0 Å². The Balaban J connectivity index is 1.76. The maximum atomic E-state index is 12.7. The molecule has 0 aromatic heterocycles. The van der Waals surface area contributed by atoms with Crippen LogP contribution in [0.1, 0.15) is 58.8 Å². The molecule has 1 aliphatic carbocycles. The van der Waals surface area contributed by atoms with Crippen LogP contribution in [-0.4, -0.2) is 12.5 Å². The van der Waals surface area contributed by atoms with Gasteiger partial charge in [-0.05, 0) is 42.9 Å². The normalized spacial score (nSPS) is 23.1. The minimum Gasteiger partial charge on any atom is -0.377 e. The summed E-state index contributed by atoms with van der Waals surface area (Å²) in [6.07, 6.45) is 6.62. The van der Waals surface area contributed by atoms with Gasteiger partial charge in [0.2, 0.25) is 0 Å². The predicted octanol–water partition coefficient (Wildman–Crippen LogP) is 4.96. The van der Waals surface area contributed by atoms with Gasteiger partial charge in [-0.2, -0.15) is 0 Å². The summed E-state index contributed by atoms with van der Waals surface area (Å²) in [6, 6.07) is 15.1. The Hall–Kier alpha value is -2.55. The quantitative estimate of drug-likeness (QED) is 0.768. The SMILES string of the molecule is CCCNC(=O)c1cccc2c1NC(c1cccc(C)c1)C1CC=CC21. The third-order valence-corrected chi connectivity index (χ3v) is 5.58. The Morgan fingerprint density at radius 2 is 2.08 bits per heavy atom. The number of carbonyl (C=O) groups is 1. The zero-order valence-electron chi connectivity index (χ0n) is 15.5. The van der Waals surface area contributed by atoms with Crippen LogP contribution in [0.3, 0.4) is 0 Å². The lowest BCUT2D eigenvalue weighted by Gasteiger charge is -2.38. The molecular weight excluding hydrogens is 320 g/mol. The number of amides is 1. The van der Waals surface area contributed by atoms with Gasteiger partial charge in [0, 0.05) is 12.5 Å². The van der Waals surface area contributed by atoms with Gasteiger partial charge in [0.1, 0.15) is 0 Å². The minimum atomic E-state index is 0.0135. The fourth-order valence-electron chi connectivity index (χ4n) is 4.34. The average molecular weight is 346 g/mol. The van der Waals surface area contributed by atoms with Crippen LogP contribution in [-0.2, 0) is 0 Å². The number of benzene rings is 2. The van der Waals surface area contributed by atoms with E-state index >= 15 is 0 Å². The van der Waals surface area contributed by atoms with Crippen molar-refractivity contribution in [3.8, 4) is 0 Å². The molecule has 1 aliphatic heterocycles. The van der Waals surface area contributed by atoms with Crippen molar-refractivity contribution >= 4 is 11.6 Å². The summed E-state index contributed by atoms with van der Waals surface area (Å²) in [5, 5.41) is 6.76. The first-order valence-electron chi connectivity index (χ1n) is 9.60. The van der Waals surface area contributed by atoms with Crippen LogP contribution < -0.4 is 10.6 Å². The number of aryl methyl sites for hydroxylation is 1. The van der Waals surface area contributed by atoms with Gasteiger partial charge in [-0.1, -0.05) is 61.0 Å². The molecule has 4 rings (SSSR count). The molecule has 2 N–H and O–H groups in total. The van der Waals surface area contributed by atoms with E-state index in [-0.39, 0.29) is 11.9 Å². The van der Waals surface area contributed by atoms with Crippen LogP contribution in [0.25, 0.3) is 0 Å². The molecule has 0 saturated carbocycles. The van der Waals surface area contributed by atoms with Gasteiger partial charge in [-0.25, -0.2) is 0 Å². The molecule has 26 heavy (non-hydrogen) atoms. The van der Waals surface area contributed by atoms with Gasteiger partial charge in [-0.3, -0.25) is 4.79 Å². The maximum absolute atomic E-state index is 12.7. The lowest BCUT2D eigenvalue weighted by atomic mass is 9.76. The standard InChI is InChI=1S/C23H26N2O/c1-3-13-24-23(26)20-12-6-11-19-17-9-5-10-18(17)21(25-22(19)20)16-8-4-7-15(2)14-16/h4-9,11-12,14,17-18,21,25H,3,10,13H2,1-2H3,(H,24,26). The summed E-state index contributed by atoms with van der Waals surface area (Å²) in [4.78, 5) is 12.7. The number of para-hydroxylation sites is 1. The van der Waals surface area contributed by atoms with E-state index in [2.05, 4.69) is 67.0 Å². The molecule has 0 radical (unpaired) electrons. The molecule has 0 fully saturated rings. The van der Waals surface area contributed by atoms with Crippen LogP contribution in [0.15, 0.2) is 54.6 Å².